The molecule has 0 bridgehead atoms. The topological polar surface area (TPSA) is 76.2 Å². The number of carbonyl (C=O) groups is 1. The fourth-order valence-electron chi connectivity index (χ4n) is 2.20. The second-order valence-corrected chi connectivity index (χ2v) is 5.85. The highest BCUT2D eigenvalue weighted by Gasteiger charge is 2.22. The van der Waals surface area contributed by atoms with E-state index in [1.165, 1.54) is 6.20 Å². The van der Waals surface area contributed by atoms with Crippen LogP contribution in [0.5, 0.6) is 0 Å². The summed E-state index contributed by atoms with van der Waals surface area (Å²) >= 11 is 0. The molecule has 1 aromatic rings. The van der Waals surface area contributed by atoms with Gasteiger partial charge in [-0.05, 0) is 26.4 Å². The summed E-state index contributed by atoms with van der Waals surface area (Å²) in [6.45, 7) is 8.29. The number of nitrogens with zero attached hydrogens (tertiary/aromatic N) is 3. The molecule has 0 aromatic carbocycles. The first kappa shape index (κ1) is 15.5. The van der Waals surface area contributed by atoms with Crippen LogP contribution in [0.4, 0.5) is 5.69 Å². The largest absolute Gasteiger partial charge is 0.396 e. The molecule has 3 N–H and O–H groups in total. The number of hydrogen-bond acceptors (Lipinski definition) is 4. The number of amides is 1. The fraction of sp³-hybridized carbons (Fsp3) is 0.692. The average molecular weight is 267 g/mol. The van der Waals surface area contributed by atoms with Crippen LogP contribution in [0.15, 0.2) is 6.20 Å². The van der Waals surface area contributed by atoms with Crippen molar-refractivity contribution in [3.8, 4) is 0 Å². The van der Waals surface area contributed by atoms with Gasteiger partial charge in [-0.3, -0.25) is 9.48 Å². The van der Waals surface area contributed by atoms with Gasteiger partial charge in [0.15, 0.2) is 0 Å². The van der Waals surface area contributed by atoms with E-state index in [0.29, 0.717) is 24.5 Å². The zero-order chi connectivity index (χ0) is 14.6. The van der Waals surface area contributed by atoms with Crippen LogP contribution in [-0.4, -0.2) is 47.8 Å². The third-order valence-corrected chi connectivity index (χ3v) is 2.85. The van der Waals surface area contributed by atoms with Crippen molar-refractivity contribution < 1.29 is 4.79 Å². The van der Waals surface area contributed by atoms with Crippen molar-refractivity contribution in [3.05, 3.63) is 11.9 Å². The second-order valence-electron chi connectivity index (χ2n) is 5.85. The lowest BCUT2D eigenvalue weighted by molar-refractivity contribution is 0.0919. The van der Waals surface area contributed by atoms with Crippen molar-refractivity contribution >= 4 is 11.6 Å². The maximum atomic E-state index is 12.2. The van der Waals surface area contributed by atoms with E-state index in [0.717, 1.165) is 6.54 Å². The fourth-order valence-corrected chi connectivity index (χ4v) is 2.20. The average Bonchev–Trinajstić information content (AvgIpc) is 2.66. The number of carbonyl (C=O) groups excluding carboxylic acids is 1. The summed E-state index contributed by atoms with van der Waals surface area (Å²) in [5.74, 6) is -0.163. The van der Waals surface area contributed by atoms with Crippen molar-refractivity contribution in [3.63, 3.8) is 0 Å². The van der Waals surface area contributed by atoms with E-state index in [1.807, 2.05) is 21.0 Å². The summed E-state index contributed by atoms with van der Waals surface area (Å²) in [7, 11) is 4.04. The molecular formula is C13H25N5O. The lowest BCUT2D eigenvalue weighted by atomic mass is 9.93. The number of nitrogen functional groups attached to an aromatic ring is 1. The normalized spacial score (nSPS) is 11.9. The summed E-state index contributed by atoms with van der Waals surface area (Å²) in [5.41, 5.74) is 6.66. The molecule has 0 fully saturated rings. The van der Waals surface area contributed by atoms with E-state index in [2.05, 4.69) is 29.2 Å². The molecule has 0 aliphatic carbocycles. The number of anilines is 1. The van der Waals surface area contributed by atoms with Gasteiger partial charge < -0.3 is 16.0 Å². The van der Waals surface area contributed by atoms with Gasteiger partial charge in [-0.25, -0.2) is 0 Å². The van der Waals surface area contributed by atoms with Crippen LogP contribution >= 0.6 is 0 Å². The van der Waals surface area contributed by atoms with Crippen molar-refractivity contribution in [1.29, 1.82) is 0 Å². The Hall–Kier alpha value is -1.56. The van der Waals surface area contributed by atoms with E-state index in [-0.39, 0.29) is 11.3 Å². The molecule has 0 atom stereocenters. The molecule has 0 aliphatic rings. The molecule has 0 spiro atoms. The zero-order valence-electron chi connectivity index (χ0n) is 12.5. The summed E-state index contributed by atoms with van der Waals surface area (Å²) in [5, 5.41) is 7.01. The first-order chi connectivity index (χ1) is 8.76. The lowest BCUT2D eigenvalue weighted by Crippen LogP contribution is -2.40. The van der Waals surface area contributed by atoms with Crippen molar-refractivity contribution in [1.82, 2.24) is 20.0 Å². The number of aromatic nitrogens is 2. The van der Waals surface area contributed by atoms with E-state index in [4.69, 9.17) is 5.73 Å². The van der Waals surface area contributed by atoms with E-state index in [9.17, 15) is 4.79 Å². The van der Waals surface area contributed by atoms with Crippen LogP contribution in [0.1, 0.15) is 31.3 Å². The molecule has 0 saturated carbocycles. The molecule has 0 saturated heterocycles. The molecule has 0 unspecified atom stereocenters. The zero-order valence-corrected chi connectivity index (χ0v) is 12.5. The highest BCUT2D eigenvalue weighted by atomic mass is 16.2. The van der Waals surface area contributed by atoms with Gasteiger partial charge in [-0.2, -0.15) is 5.10 Å². The SMILES string of the molecule is CCn1ncc(N)c1C(=O)NCC(C)(C)CN(C)C. The Morgan fingerprint density at radius 3 is 2.68 bits per heavy atom. The summed E-state index contributed by atoms with van der Waals surface area (Å²) in [6, 6.07) is 0. The Morgan fingerprint density at radius 2 is 2.16 bits per heavy atom. The number of aryl methyl sites for hydroxylation is 1. The maximum Gasteiger partial charge on any atom is 0.271 e. The van der Waals surface area contributed by atoms with Gasteiger partial charge in [-0.15, -0.1) is 0 Å². The van der Waals surface area contributed by atoms with Gasteiger partial charge in [0, 0.05) is 19.6 Å². The number of hydrogen-bond donors (Lipinski definition) is 2. The molecule has 1 rings (SSSR count). The smallest absolute Gasteiger partial charge is 0.271 e. The molecular weight excluding hydrogens is 242 g/mol. The van der Waals surface area contributed by atoms with Crippen LogP contribution in [-0.2, 0) is 6.54 Å². The summed E-state index contributed by atoms with van der Waals surface area (Å²) in [6.07, 6.45) is 1.52. The third kappa shape index (κ3) is 4.24. The third-order valence-electron chi connectivity index (χ3n) is 2.85. The van der Waals surface area contributed by atoms with Crippen LogP contribution in [0, 0.1) is 5.41 Å². The van der Waals surface area contributed by atoms with Crippen molar-refractivity contribution in [2.24, 2.45) is 5.41 Å². The van der Waals surface area contributed by atoms with E-state index in [1.54, 1.807) is 4.68 Å². The Labute approximate surface area is 114 Å². The number of rotatable bonds is 6. The molecule has 1 aromatic heterocycles. The highest BCUT2D eigenvalue weighted by Crippen LogP contribution is 2.15. The number of nitrogens with two attached hydrogens (primary N) is 1. The predicted octanol–water partition coefficient (Wildman–Crippen LogP) is 0.803. The standard InChI is InChI=1S/C13H25N5O/c1-6-18-11(10(14)7-16-18)12(19)15-8-13(2,3)9-17(4)5/h7H,6,8-9,14H2,1-5H3,(H,15,19). The van der Waals surface area contributed by atoms with Gasteiger partial charge in [0.2, 0.25) is 0 Å². The van der Waals surface area contributed by atoms with Gasteiger partial charge in [0.05, 0.1) is 11.9 Å². The van der Waals surface area contributed by atoms with Gasteiger partial charge >= 0.3 is 0 Å². The monoisotopic (exact) mass is 267 g/mol. The van der Waals surface area contributed by atoms with Crippen LogP contribution < -0.4 is 11.1 Å². The van der Waals surface area contributed by atoms with Gasteiger partial charge in [0.1, 0.15) is 5.69 Å². The quantitative estimate of drug-likeness (QED) is 0.799. The molecule has 6 heteroatoms. The molecule has 19 heavy (non-hydrogen) atoms. The minimum absolute atomic E-state index is 0.00495. The Morgan fingerprint density at radius 1 is 1.53 bits per heavy atom. The van der Waals surface area contributed by atoms with E-state index >= 15 is 0 Å². The molecule has 108 valence electrons. The number of nitrogens with one attached hydrogen (secondary N) is 1. The minimum atomic E-state index is -0.163. The first-order valence-corrected chi connectivity index (χ1v) is 6.51. The summed E-state index contributed by atoms with van der Waals surface area (Å²) in [4.78, 5) is 14.3. The lowest BCUT2D eigenvalue weighted by Gasteiger charge is -2.28. The Bertz CT molecular complexity index is 436. The molecule has 0 radical (unpaired) electrons. The predicted molar refractivity (Wildman–Crippen MR) is 77.0 cm³/mol. The minimum Gasteiger partial charge on any atom is -0.396 e. The molecule has 1 heterocycles. The molecule has 0 aliphatic heterocycles. The molecule has 6 nitrogen and oxygen atoms in total. The summed E-state index contributed by atoms with van der Waals surface area (Å²) < 4.78 is 1.61. The van der Waals surface area contributed by atoms with Crippen LogP contribution in [0.25, 0.3) is 0 Å². The highest BCUT2D eigenvalue weighted by molar-refractivity contribution is 5.97. The van der Waals surface area contributed by atoms with Gasteiger partial charge in [0.25, 0.3) is 5.91 Å². The van der Waals surface area contributed by atoms with E-state index < -0.39 is 0 Å². The maximum absolute atomic E-state index is 12.2. The Kier molecular flexibility index (Phi) is 4.94. The van der Waals surface area contributed by atoms with Gasteiger partial charge in [-0.1, -0.05) is 13.8 Å². The Balaban J connectivity index is 2.68. The van der Waals surface area contributed by atoms with Crippen molar-refractivity contribution in [2.45, 2.75) is 27.3 Å². The molecule has 1 amide bonds. The second kappa shape index (κ2) is 6.06. The van der Waals surface area contributed by atoms with Crippen LogP contribution in [0.3, 0.4) is 0 Å². The first-order valence-electron chi connectivity index (χ1n) is 6.51. The van der Waals surface area contributed by atoms with Crippen LogP contribution in [0.2, 0.25) is 0 Å². The van der Waals surface area contributed by atoms with Crippen molar-refractivity contribution in [2.75, 3.05) is 32.9 Å².